The number of carbonyl (C=O) groups excluding carboxylic acids is 2. The van der Waals surface area contributed by atoms with Crippen LogP contribution in [0, 0.1) is 12.8 Å². The van der Waals surface area contributed by atoms with Gasteiger partial charge in [0.05, 0.1) is 16.6 Å². The van der Waals surface area contributed by atoms with Crippen LogP contribution in [0.5, 0.6) is 0 Å². The second kappa shape index (κ2) is 9.92. The Morgan fingerprint density at radius 2 is 1.85 bits per heavy atom. The fourth-order valence-corrected chi connectivity index (χ4v) is 5.74. The van der Waals surface area contributed by atoms with Gasteiger partial charge in [0.25, 0.3) is 5.56 Å². The number of para-hydroxylation sites is 1. The molecule has 1 fully saturated rings. The zero-order valence-corrected chi connectivity index (χ0v) is 20.3. The molecular weight excluding hydrogens is 460 g/mol. The molecule has 0 saturated heterocycles. The van der Waals surface area contributed by atoms with Gasteiger partial charge in [-0.25, -0.2) is 4.68 Å². The Morgan fingerprint density at radius 3 is 2.55 bits per heavy atom. The highest BCUT2D eigenvalue weighted by molar-refractivity contribution is 8.02. The first-order chi connectivity index (χ1) is 15.8. The maximum absolute atomic E-state index is 13.0. The molecule has 0 unspecified atom stereocenters. The quantitative estimate of drug-likeness (QED) is 0.390. The van der Waals surface area contributed by atoms with Gasteiger partial charge in [0.1, 0.15) is 5.69 Å². The molecule has 174 valence electrons. The monoisotopic (exact) mass is 486 g/mol. The Balaban J connectivity index is 1.41. The molecule has 2 aromatic heterocycles. The third kappa shape index (κ3) is 5.03. The molecule has 1 aromatic carbocycles. The summed E-state index contributed by atoms with van der Waals surface area (Å²) < 4.78 is 3.81. The lowest BCUT2D eigenvalue weighted by atomic mass is 10.1. The molecule has 1 atom stereocenters. The first kappa shape index (κ1) is 23.2. The fraction of sp³-hybridized carbons (Fsp3) is 0.409. The maximum atomic E-state index is 13.0. The van der Waals surface area contributed by atoms with Gasteiger partial charge in [-0.05, 0) is 38.8 Å². The zero-order chi connectivity index (χ0) is 23.5. The van der Waals surface area contributed by atoms with Crippen molar-refractivity contribution in [2.24, 2.45) is 13.0 Å². The summed E-state index contributed by atoms with van der Waals surface area (Å²) in [7, 11) is 1.78. The van der Waals surface area contributed by atoms with Crippen LogP contribution < -0.4 is 16.2 Å². The van der Waals surface area contributed by atoms with E-state index in [4.69, 9.17) is 0 Å². The lowest BCUT2D eigenvalue weighted by Crippen LogP contribution is -2.27. The molecule has 1 aliphatic rings. The number of nitrogens with zero attached hydrogens (tertiary/aromatic N) is 4. The van der Waals surface area contributed by atoms with Crippen molar-refractivity contribution in [3.8, 4) is 5.69 Å². The molecule has 0 aliphatic heterocycles. The van der Waals surface area contributed by atoms with Gasteiger partial charge in [-0.15, -0.1) is 10.2 Å². The molecule has 2 N–H and O–H groups in total. The van der Waals surface area contributed by atoms with Crippen LogP contribution in [0.15, 0.2) is 39.5 Å². The van der Waals surface area contributed by atoms with Crippen LogP contribution >= 0.6 is 23.1 Å². The minimum Gasteiger partial charge on any atom is -0.319 e. The van der Waals surface area contributed by atoms with Crippen LogP contribution in [-0.4, -0.2) is 36.6 Å². The Kier molecular flexibility index (Phi) is 6.99. The van der Waals surface area contributed by atoms with Crippen LogP contribution in [0.3, 0.4) is 0 Å². The van der Waals surface area contributed by atoms with E-state index in [1.807, 2.05) is 30.3 Å². The Morgan fingerprint density at radius 1 is 1.15 bits per heavy atom. The van der Waals surface area contributed by atoms with E-state index in [1.165, 1.54) is 27.8 Å². The van der Waals surface area contributed by atoms with Gasteiger partial charge in [0.15, 0.2) is 4.34 Å². The lowest BCUT2D eigenvalue weighted by Gasteiger charge is -2.09. The average molecular weight is 487 g/mol. The highest BCUT2D eigenvalue weighted by atomic mass is 32.2. The summed E-state index contributed by atoms with van der Waals surface area (Å²) in [5, 5.41) is 13.6. The number of nitrogens with one attached hydrogen (secondary N) is 2. The third-order valence-corrected chi connectivity index (χ3v) is 7.83. The van der Waals surface area contributed by atoms with Crippen molar-refractivity contribution >= 4 is 45.7 Å². The molecule has 33 heavy (non-hydrogen) atoms. The number of hydrogen-bond donors (Lipinski definition) is 2. The molecule has 1 saturated carbocycles. The van der Waals surface area contributed by atoms with E-state index >= 15 is 0 Å². The van der Waals surface area contributed by atoms with Crippen molar-refractivity contribution in [3.63, 3.8) is 0 Å². The first-order valence-corrected chi connectivity index (χ1v) is 12.5. The van der Waals surface area contributed by atoms with Crippen molar-refractivity contribution in [1.29, 1.82) is 0 Å². The summed E-state index contributed by atoms with van der Waals surface area (Å²) in [6, 6.07) is 9.26. The average Bonchev–Trinajstić information content (AvgIpc) is 3.53. The van der Waals surface area contributed by atoms with Gasteiger partial charge in [0, 0.05) is 13.0 Å². The molecule has 0 bridgehead atoms. The minimum absolute atomic E-state index is 0.0137. The first-order valence-electron chi connectivity index (χ1n) is 10.8. The van der Waals surface area contributed by atoms with E-state index in [1.54, 1.807) is 25.6 Å². The highest BCUT2D eigenvalue weighted by Gasteiger charge is 2.25. The van der Waals surface area contributed by atoms with Crippen LogP contribution in [0.25, 0.3) is 5.69 Å². The number of benzene rings is 1. The summed E-state index contributed by atoms with van der Waals surface area (Å²) in [4.78, 5) is 38.1. The van der Waals surface area contributed by atoms with Crippen LogP contribution in [0.2, 0.25) is 0 Å². The Bertz CT molecular complexity index is 1210. The Hall–Kier alpha value is -2.92. The van der Waals surface area contributed by atoms with Gasteiger partial charge >= 0.3 is 0 Å². The minimum atomic E-state index is -0.513. The van der Waals surface area contributed by atoms with E-state index in [2.05, 4.69) is 20.8 Å². The Labute approximate surface area is 199 Å². The maximum Gasteiger partial charge on any atom is 0.295 e. The molecular formula is C22H26N6O3S2. The molecule has 2 heterocycles. The van der Waals surface area contributed by atoms with E-state index < -0.39 is 5.25 Å². The van der Waals surface area contributed by atoms with E-state index in [0.717, 1.165) is 31.4 Å². The summed E-state index contributed by atoms with van der Waals surface area (Å²) in [6.07, 6.45) is 3.99. The highest BCUT2D eigenvalue weighted by Crippen LogP contribution is 2.31. The molecule has 4 rings (SSSR count). The largest absolute Gasteiger partial charge is 0.319 e. The number of amides is 2. The molecule has 11 heteroatoms. The van der Waals surface area contributed by atoms with Gasteiger partial charge in [-0.2, -0.15) is 0 Å². The van der Waals surface area contributed by atoms with Crippen LogP contribution in [0.4, 0.5) is 10.8 Å². The van der Waals surface area contributed by atoms with E-state index in [9.17, 15) is 14.4 Å². The van der Waals surface area contributed by atoms with Crippen molar-refractivity contribution in [2.45, 2.75) is 49.1 Å². The summed E-state index contributed by atoms with van der Waals surface area (Å²) in [5.74, 6) is -0.276. The number of rotatable bonds is 7. The predicted octanol–water partition coefficient (Wildman–Crippen LogP) is 3.58. The molecule has 0 radical (unpaired) electrons. The smallest absolute Gasteiger partial charge is 0.295 e. The molecule has 0 spiro atoms. The number of carbonyl (C=O) groups is 2. The lowest BCUT2D eigenvalue weighted by molar-refractivity contribution is -0.119. The van der Waals surface area contributed by atoms with Gasteiger partial charge < -0.3 is 10.6 Å². The van der Waals surface area contributed by atoms with E-state index in [-0.39, 0.29) is 29.0 Å². The molecule has 3 aromatic rings. The number of hydrogen-bond acceptors (Lipinski definition) is 7. The van der Waals surface area contributed by atoms with Crippen molar-refractivity contribution in [1.82, 2.24) is 19.6 Å². The second-order valence-corrected chi connectivity index (χ2v) is 10.6. The molecule has 1 aliphatic carbocycles. The normalized spacial score (nSPS) is 14.9. The SMILES string of the molecule is Cc1c(NC(=O)[C@@H](C)Sc2nnc(NC(=O)C3CCCC3)s2)c(=O)n(-c2ccccc2)n1C. The fourth-order valence-electron chi connectivity index (χ4n) is 3.85. The van der Waals surface area contributed by atoms with Crippen molar-refractivity contribution in [2.75, 3.05) is 10.6 Å². The molecule has 2 amide bonds. The second-order valence-electron chi connectivity index (χ2n) is 8.03. The number of thioether (sulfide) groups is 1. The van der Waals surface area contributed by atoms with Crippen molar-refractivity contribution in [3.05, 3.63) is 46.4 Å². The van der Waals surface area contributed by atoms with Crippen LogP contribution in [0.1, 0.15) is 38.3 Å². The summed E-state index contributed by atoms with van der Waals surface area (Å²) in [5.41, 5.74) is 1.33. The summed E-state index contributed by atoms with van der Waals surface area (Å²) >= 11 is 2.48. The predicted molar refractivity (Wildman–Crippen MR) is 130 cm³/mol. The van der Waals surface area contributed by atoms with E-state index in [0.29, 0.717) is 15.2 Å². The van der Waals surface area contributed by atoms with Gasteiger partial charge in [-0.1, -0.05) is 54.1 Å². The topological polar surface area (TPSA) is 111 Å². The van der Waals surface area contributed by atoms with Gasteiger partial charge in [0.2, 0.25) is 16.9 Å². The standard InChI is InChI=1S/C22H26N6O3S2/c1-13-17(20(31)28(27(13)3)16-11-5-4-6-12-16)23-18(29)14(2)32-22-26-25-21(33-22)24-19(30)15-9-7-8-10-15/h4-6,11-12,14-15H,7-10H2,1-3H3,(H,23,29)(H,24,25,30)/t14-/m1/s1. The molecule has 9 nitrogen and oxygen atoms in total. The number of aromatic nitrogens is 4. The third-order valence-electron chi connectivity index (χ3n) is 5.81. The number of anilines is 2. The van der Waals surface area contributed by atoms with Gasteiger partial charge in [-0.3, -0.25) is 19.1 Å². The zero-order valence-electron chi connectivity index (χ0n) is 18.7. The van der Waals surface area contributed by atoms with Crippen LogP contribution in [-0.2, 0) is 16.6 Å². The van der Waals surface area contributed by atoms with Crippen molar-refractivity contribution < 1.29 is 9.59 Å². The summed E-state index contributed by atoms with van der Waals surface area (Å²) in [6.45, 7) is 3.53.